The zero-order valence-electron chi connectivity index (χ0n) is 10.9. The summed E-state index contributed by atoms with van der Waals surface area (Å²) in [5, 5.41) is 0. The lowest BCUT2D eigenvalue weighted by Crippen LogP contribution is -2.40. The Balaban J connectivity index is 2.38. The molecule has 0 atom stereocenters. The molecule has 0 unspecified atom stereocenters. The predicted octanol–water partition coefficient (Wildman–Crippen LogP) is 1.80. The van der Waals surface area contributed by atoms with E-state index in [1.165, 1.54) is 12.1 Å². The molecule has 0 fully saturated rings. The molecular formula is C13H14N2O4. The molecule has 0 aromatic heterocycles. The van der Waals surface area contributed by atoms with Gasteiger partial charge in [-0.25, -0.2) is 4.79 Å². The highest BCUT2D eigenvalue weighted by Gasteiger charge is 2.43. The van der Waals surface area contributed by atoms with E-state index in [-0.39, 0.29) is 16.8 Å². The topological polar surface area (TPSA) is 89.7 Å². The first-order valence-corrected chi connectivity index (χ1v) is 5.72. The summed E-state index contributed by atoms with van der Waals surface area (Å²) in [6.45, 7) is 4.95. The molecule has 2 rings (SSSR count). The Hall–Kier alpha value is -2.37. The van der Waals surface area contributed by atoms with Crippen molar-refractivity contribution in [3.8, 4) is 0 Å². The zero-order valence-corrected chi connectivity index (χ0v) is 10.9. The van der Waals surface area contributed by atoms with Crippen molar-refractivity contribution in [2.75, 3.05) is 5.73 Å². The normalized spacial score (nSPS) is 14.6. The molecule has 6 nitrogen and oxygen atoms in total. The molecule has 0 saturated carbocycles. The maximum absolute atomic E-state index is 12.1. The molecule has 1 aromatic carbocycles. The third-order valence-corrected chi connectivity index (χ3v) is 2.52. The minimum absolute atomic E-state index is 0.0540. The standard InChI is InChI=1S/C13H14N2O4/c1-13(2,3)19-12(18)15-10(16)7-5-4-6-8(14)9(7)11(15)17/h4-6H,14H2,1-3H3. The van der Waals surface area contributed by atoms with Crippen molar-refractivity contribution in [2.45, 2.75) is 26.4 Å². The Morgan fingerprint density at radius 2 is 1.84 bits per heavy atom. The molecule has 19 heavy (non-hydrogen) atoms. The fourth-order valence-corrected chi connectivity index (χ4v) is 1.78. The number of amides is 3. The summed E-state index contributed by atoms with van der Waals surface area (Å²) < 4.78 is 5.04. The Bertz CT molecular complexity index is 587. The summed E-state index contributed by atoms with van der Waals surface area (Å²) in [7, 11) is 0. The molecule has 0 saturated heterocycles. The van der Waals surface area contributed by atoms with Gasteiger partial charge in [-0.1, -0.05) is 6.07 Å². The van der Waals surface area contributed by atoms with Gasteiger partial charge in [0.2, 0.25) is 0 Å². The van der Waals surface area contributed by atoms with Crippen LogP contribution in [-0.4, -0.2) is 28.4 Å². The number of imide groups is 3. The highest BCUT2D eigenvalue weighted by atomic mass is 16.6. The second kappa shape index (κ2) is 4.08. The molecule has 2 N–H and O–H groups in total. The number of anilines is 1. The largest absolute Gasteiger partial charge is 0.443 e. The van der Waals surface area contributed by atoms with Gasteiger partial charge in [0.15, 0.2) is 0 Å². The molecule has 0 radical (unpaired) electrons. The van der Waals surface area contributed by atoms with Crippen LogP contribution in [0.1, 0.15) is 41.5 Å². The minimum atomic E-state index is -0.988. The number of carbonyl (C=O) groups is 3. The molecule has 100 valence electrons. The van der Waals surface area contributed by atoms with Crippen LogP contribution >= 0.6 is 0 Å². The quantitative estimate of drug-likeness (QED) is 0.568. The SMILES string of the molecule is CC(C)(C)OC(=O)N1C(=O)c2cccc(N)c2C1=O. The first-order chi connectivity index (χ1) is 8.72. The molecular weight excluding hydrogens is 248 g/mol. The summed E-state index contributed by atoms with van der Waals surface area (Å²) in [5.74, 6) is -1.45. The number of nitrogens with zero attached hydrogens (tertiary/aromatic N) is 1. The lowest BCUT2D eigenvalue weighted by atomic mass is 10.1. The molecule has 0 bridgehead atoms. The van der Waals surface area contributed by atoms with Crippen molar-refractivity contribution in [2.24, 2.45) is 0 Å². The summed E-state index contributed by atoms with van der Waals surface area (Å²) in [5.41, 5.74) is 5.21. The van der Waals surface area contributed by atoms with E-state index in [1.807, 2.05) is 0 Å². The lowest BCUT2D eigenvalue weighted by molar-refractivity contribution is 0.0255. The second-order valence-corrected chi connectivity index (χ2v) is 5.20. The molecule has 1 aromatic rings. The van der Waals surface area contributed by atoms with Crippen molar-refractivity contribution in [1.29, 1.82) is 0 Å². The highest BCUT2D eigenvalue weighted by Crippen LogP contribution is 2.28. The van der Waals surface area contributed by atoms with Gasteiger partial charge in [-0.15, -0.1) is 0 Å². The van der Waals surface area contributed by atoms with Crippen LogP contribution in [0.3, 0.4) is 0 Å². The Morgan fingerprint density at radius 1 is 1.21 bits per heavy atom. The van der Waals surface area contributed by atoms with Crippen molar-refractivity contribution < 1.29 is 19.1 Å². The minimum Gasteiger partial charge on any atom is -0.443 e. The molecule has 3 amide bonds. The van der Waals surface area contributed by atoms with Crippen molar-refractivity contribution in [1.82, 2.24) is 4.90 Å². The monoisotopic (exact) mass is 262 g/mol. The van der Waals surface area contributed by atoms with Crippen LogP contribution in [0.4, 0.5) is 10.5 Å². The summed E-state index contributed by atoms with van der Waals surface area (Å²) in [6.07, 6.45) is -0.988. The average Bonchev–Trinajstić information content (AvgIpc) is 2.50. The van der Waals surface area contributed by atoms with E-state index in [4.69, 9.17) is 10.5 Å². The van der Waals surface area contributed by atoms with Crippen molar-refractivity contribution in [3.05, 3.63) is 29.3 Å². The number of ether oxygens (including phenoxy) is 1. The Kier molecular flexibility index (Phi) is 2.81. The smallest absolute Gasteiger partial charge is 0.424 e. The van der Waals surface area contributed by atoms with Crippen molar-refractivity contribution in [3.63, 3.8) is 0 Å². The van der Waals surface area contributed by atoms with E-state index in [0.29, 0.717) is 4.90 Å². The van der Waals surface area contributed by atoms with Crippen LogP contribution in [0.25, 0.3) is 0 Å². The summed E-state index contributed by atoms with van der Waals surface area (Å²) in [6, 6.07) is 4.51. The molecule has 1 aliphatic rings. The number of nitrogen functional groups attached to an aromatic ring is 1. The molecule has 0 aliphatic carbocycles. The maximum atomic E-state index is 12.1. The van der Waals surface area contributed by atoms with Crippen LogP contribution in [0.5, 0.6) is 0 Å². The van der Waals surface area contributed by atoms with Gasteiger partial charge in [-0.05, 0) is 32.9 Å². The highest BCUT2D eigenvalue weighted by molar-refractivity contribution is 6.29. The van der Waals surface area contributed by atoms with E-state index in [9.17, 15) is 14.4 Å². The first-order valence-electron chi connectivity index (χ1n) is 5.72. The molecule has 6 heteroatoms. The van der Waals surface area contributed by atoms with Crippen LogP contribution in [0, 0.1) is 0 Å². The van der Waals surface area contributed by atoms with Gasteiger partial charge in [-0.3, -0.25) is 9.59 Å². The first kappa shape index (κ1) is 13.1. The van der Waals surface area contributed by atoms with Gasteiger partial charge in [-0.2, -0.15) is 4.90 Å². The van der Waals surface area contributed by atoms with Crippen molar-refractivity contribution >= 4 is 23.6 Å². The van der Waals surface area contributed by atoms with E-state index >= 15 is 0 Å². The van der Waals surface area contributed by atoms with Crippen LogP contribution in [0.15, 0.2) is 18.2 Å². The Labute approximate surface area is 110 Å². The van der Waals surface area contributed by atoms with Crippen LogP contribution < -0.4 is 5.73 Å². The number of hydrogen-bond acceptors (Lipinski definition) is 5. The number of carbonyl (C=O) groups excluding carboxylic acids is 3. The van der Waals surface area contributed by atoms with E-state index < -0.39 is 23.5 Å². The molecule has 0 spiro atoms. The zero-order chi connectivity index (χ0) is 14.4. The van der Waals surface area contributed by atoms with Gasteiger partial charge in [0.1, 0.15) is 5.60 Å². The van der Waals surface area contributed by atoms with Gasteiger partial charge < -0.3 is 10.5 Å². The number of fused-ring (bicyclic) bond motifs is 1. The maximum Gasteiger partial charge on any atom is 0.424 e. The average molecular weight is 262 g/mol. The molecule has 1 aliphatic heterocycles. The fraction of sp³-hybridized carbons (Fsp3) is 0.308. The number of rotatable bonds is 0. The van der Waals surface area contributed by atoms with E-state index in [1.54, 1.807) is 26.8 Å². The van der Waals surface area contributed by atoms with Gasteiger partial charge >= 0.3 is 6.09 Å². The fourth-order valence-electron chi connectivity index (χ4n) is 1.78. The summed E-state index contributed by atoms with van der Waals surface area (Å²) in [4.78, 5) is 36.5. The second-order valence-electron chi connectivity index (χ2n) is 5.20. The van der Waals surface area contributed by atoms with Crippen LogP contribution in [-0.2, 0) is 4.74 Å². The third-order valence-electron chi connectivity index (χ3n) is 2.52. The van der Waals surface area contributed by atoms with Gasteiger partial charge in [0.25, 0.3) is 11.8 Å². The van der Waals surface area contributed by atoms with E-state index in [0.717, 1.165) is 0 Å². The van der Waals surface area contributed by atoms with Crippen LogP contribution in [0.2, 0.25) is 0 Å². The number of benzene rings is 1. The lowest BCUT2D eigenvalue weighted by Gasteiger charge is -2.22. The number of nitrogens with two attached hydrogens (primary N) is 1. The predicted molar refractivity (Wildman–Crippen MR) is 67.6 cm³/mol. The summed E-state index contributed by atoms with van der Waals surface area (Å²) >= 11 is 0. The van der Waals surface area contributed by atoms with Gasteiger partial charge in [0, 0.05) is 5.69 Å². The third kappa shape index (κ3) is 2.16. The van der Waals surface area contributed by atoms with Gasteiger partial charge in [0.05, 0.1) is 11.1 Å². The molecule has 1 heterocycles. The Morgan fingerprint density at radius 3 is 2.37 bits per heavy atom. The van der Waals surface area contributed by atoms with E-state index in [2.05, 4.69) is 0 Å². The number of hydrogen-bond donors (Lipinski definition) is 1.